The molecule has 0 unspecified atom stereocenters. The van der Waals surface area contributed by atoms with Crippen molar-refractivity contribution in [2.45, 2.75) is 13.3 Å². The molecule has 0 radical (unpaired) electrons. The predicted molar refractivity (Wildman–Crippen MR) is 101 cm³/mol. The lowest BCUT2D eigenvalue weighted by molar-refractivity contribution is 0.103. The van der Waals surface area contributed by atoms with Crippen molar-refractivity contribution in [3.8, 4) is 0 Å². The number of aryl methyl sites for hydroxylation is 1. The van der Waals surface area contributed by atoms with Gasteiger partial charge in [-0.05, 0) is 36.2 Å². The number of hydrogen-bond acceptors (Lipinski definition) is 3. The first kappa shape index (κ1) is 14.8. The number of amides is 1. The van der Waals surface area contributed by atoms with E-state index in [1.54, 1.807) is 0 Å². The molecule has 24 heavy (non-hydrogen) atoms. The van der Waals surface area contributed by atoms with Crippen LogP contribution < -0.4 is 5.32 Å². The Morgan fingerprint density at radius 3 is 2.71 bits per heavy atom. The molecule has 0 aliphatic heterocycles. The number of aromatic nitrogens is 1. The van der Waals surface area contributed by atoms with Gasteiger partial charge in [0.2, 0.25) is 0 Å². The lowest BCUT2D eigenvalue weighted by Gasteiger charge is -2.08. The molecule has 4 heteroatoms. The summed E-state index contributed by atoms with van der Waals surface area (Å²) >= 11 is 1.43. The second kappa shape index (κ2) is 6.06. The summed E-state index contributed by atoms with van der Waals surface area (Å²) in [4.78, 5) is 18.8. The van der Waals surface area contributed by atoms with Crippen LogP contribution in [-0.2, 0) is 6.42 Å². The van der Waals surface area contributed by atoms with Crippen molar-refractivity contribution in [1.29, 1.82) is 0 Å². The fourth-order valence-electron chi connectivity index (χ4n) is 2.82. The Kier molecular flexibility index (Phi) is 3.75. The Balaban J connectivity index is 1.70. The van der Waals surface area contributed by atoms with Crippen molar-refractivity contribution in [1.82, 2.24) is 4.98 Å². The summed E-state index contributed by atoms with van der Waals surface area (Å²) < 4.78 is 0. The van der Waals surface area contributed by atoms with Gasteiger partial charge in [0.05, 0.1) is 10.4 Å². The molecule has 0 saturated carbocycles. The fourth-order valence-corrected chi connectivity index (χ4v) is 3.74. The molecule has 3 nitrogen and oxygen atoms in total. The standard InChI is InChI=1S/C20H16N2OS/c1-2-13-7-3-5-9-16(13)21-19(23)18-12-15-11-14-8-4-6-10-17(14)22-20(15)24-18/h3-12H,2H2,1H3,(H,21,23). The van der Waals surface area contributed by atoms with Gasteiger partial charge >= 0.3 is 0 Å². The Morgan fingerprint density at radius 1 is 1.04 bits per heavy atom. The first-order chi connectivity index (χ1) is 11.7. The van der Waals surface area contributed by atoms with Crippen LogP contribution in [-0.4, -0.2) is 10.9 Å². The van der Waals surface area contributed by atoms with Crippen molar-refractivity contribution in [2.75, 3.05) is 5.32 Å². The van der Waals surface area contributed by atoms with Crippen LogP contribution in [0.2, 0.25) is 0 Å². The van der Waals surface area contributed by atoms with Crippen LogP contribution in [0.15, 0.2) is 60.7 Å². The van der Waals surface area contributed by atoms with Crippen LogP contribution in [0.3, 0.4) is 0 Å². The van der Waals surface area contributed by atoms with E-state index in [0.29, 0.717) is 4.88 Å². The van der Waals surface area contributed by atoms with Gasteiger partial charge in [-0.2, -0.15) is 0 Å². The van der Waals surface area contributed by atoms with E-state index in [2.05, 4.69) is 23.3 Å². The number of fused-ring (bicyclic) bond motifs is 2. The molecule has 0 saturated heterocycles. The van der Waals surface area contributed by atoms with Crippen molar-refractivity contribution in [2.24, 2.45) is 0 Å². The predicted octanol–water partition coefficient (Wildman–Crippen LogP) is 5.26. The highest BCUT2D eigenvalue weighted by Crippen LogP contribution is 2.28. The second-order valence-corrected chi connectivity index (χ2v) is 6.68. The zero-order chi connectivity index (χ0) is 16.5. The maximum atomic E-state index is 12.6. The Labute approximate surface area is 144 Å². The Morgan fingerprint density at radius 2 is 1.83 bits per heavy atom. The van der Waals surface area contributed by atoms with Crippen LogP contribution in [0, 0.1) is 0 Å². The fraction of sp³-hybridized carbons (Fsp3) is 0.100. The first-order valence-electron chi connectivity index (χ1n) is 7.93. The van der Waals surface area contributed by atoms with Gasteiger partial charge in [-0.25, -0.2) is 4.98 Å². The molecule has 2 heterocycles. The van der Waals surface area contributed by atoms with Crippen molar-refractivity contribution in [3.63, 3.8) is 0 Å². The number of nitrogens with zero attached hydrogens (tertiary/aromatic N) is 1. The summed E-state index contributed by atoms with van der Waals surface area (Å²) in [6, 6.07) is 19.9. The maximum Gasteiger partial charge on any atom is 0.265 e. The molecule has 0 aliphatic carbocycles. The third-order valence-corrected chi connectivity index (χ3v) is 5.12. The lowest BCUT2D eigenvalue weighted by atomic mass is 10.1. The molecule has 2 aromatic heterocycles. The quantitative estimate of drug-likeness (QED) is 0.556. The summed E-state index contributed by atoms with van der Waals surface area (Å²) in [5.74, 6) is -0.0806. The van der Waals surface area contributed by atoms with Gasteiger partial charge in [0.25, 0.3) is 5.91 Å². The average molecular weight is 332 g/mol. The van der Waals surface area contributed by atoms with E-state index in [1.165, 1.54) is 11.3 Å². The minimum absolute atomic E-state index is 0.0806. The third kappa shape index (κ3) is 2.65. The second-order valence-electron chi connectivity index (χ2n) is 5.65. The molecular formula is C20H16N2OS. The van der Waals surface area contributed by atoms with E-state index >= 15 is 0 Å². The molecular weight excluding hydrogens is 316 g/mol. The lowest BCUT2D eigenvalue weighted by Crippen LogP contribution is -2.11. The Bertz CT molecular complexity index is 999. The molecule has 2 aromatic carbocycles. The van der Waals surface area contributed by atoms with Crippen LogP contribution in [0.4, 0.5) is 5.69 Å². The van der Waals surface area contributed by atoms with E-state index in [4.69, 9.17) is 0 Å². The molecule has 118 valence electrons. The van der Waals surface area contributed by atoms with Gasteiger partial charge in [-0.15, -0.1) is 11.3 Å². The highest BCUT2D eigenvalue weighted by molar-refractivity contribution is 7.20. The molecule has 0 aliphatic rings. The monoisotopic (exact) mass is 332 g/mol. The number of anilines is 1. The average Bonchev–Trinajstić information content (AvgIpc) is 3.03. The number of carbonyl (C=O) groups excluding carboxylic acids is 1. The number of pyridine rings is 1. The van der Waals surface area contributed by atoms with Crippen LogP contribution in [0.1, 0.15) is 22.2 Å². The zero-order valence-electron chi connectivity index (χ0n) is 13.2. The smallest absolute Gasteiger partial charge is 0.265 e. The zero-order valence-corrected chi connectivity index (χ0v) is 14.1. The molecule has 1 amide bonds. The van der Waals surface area contributed by atoms with Gasteiger partial charge in [0.1, 0.15) is 4.83 Å². The maximum absolute atomic E-state index is 12.6. The molecule has 0 spiro atoms. The van der Waals surface area contributed by atoms with E-state index in [0.717, 1.165) is 38.8 Å². The van der Waals surface area contributed by atoms with Crippen molar-refractivity contribution in [3.05, 3.63) is 71.1 Å². The third-order valence-electron chi connectivity index (χ3n) is 4.08. The normalized spacial score (nSPS) is 11.0. The molecule has 1 N–H and O–H groups in total. The van der Waals surface area contributed by atoms with Gasteiger partial charge < -0.3 is 5.32 Å². The summed E-state index contributed by atoms with van der Waals surface area (Å²) in [7, 11) is 0. The molecule has 0 fully saturated rings. The number of para-hydroxylation sites is 2. The van der Waals surface area contributed by atoms with Gasteiger partial charge in [0, 0.05) is 16.5 Å². The van der Waals surface area contributed by atoms with Crippen LogP contribution in [0.5, 0.6) is 0 Å². The highest BCUT2D eigenvalue weighted by atomic mass is 32.1. The van der Waals surface area contributed by atoms with Gasteiger partial charge in [-0.1, -0.05) is 43.3 Å². The molecule has 0 atom stereocenters. The summed E-state index contributed by atoms with van der Waals surface area (Å²) in [5, 5.41) is 5.12. The van der Waals surface area contributed by atoms with Gasteiger partial charge in [-0.3, -0.25) is 4.79 Å². The van der Waals surface area contributed by atoms with E-state index in [1.807, 2.05) is 54.6 Å². The van der Waals surface area contributed by atoms with Gasteiger partial charge in [0.15, 0.2) is 0 Å². The number of carbonyl (C=O) groups is 1. The van der Waals surface area contributed by atoms with Crippen molar-refractivity contribution < 1.29 is 4.79 Å². The van der Waals surface area contributed by atoms with Crippen molar-refractivity contribution >= 4 is 44.1 Å². The molecule has 0 bridgehead atoms. The topological polar surface area (TPSA) is 42.0 Å². The number of rotatable bonds is 3. The number of nitrogens with one attached hydrogen (secondary N) is 1. The van der Waals surface area contributed by atoms with Crippen LogP contribution >= 0.6 is 11.3 Å². The Hall–Kier alpha value is -2.72. The molecule has 4 rings (SSSR count). The van der Waals surface area contributed by atoms with Crippen LogP contribution in [0.25, 0.3) is 21.1 Å². The van der Waals surface area contributed by atoms with E-state index in [-0.39, 0.29) is 5.91 Å². The summed E-state index contributed by atoms with van der Waals surface area (Å²) in [6.07, 6.45) is 0.885. The minimum Gasteiger partial charge on any atom is -0.321 e. The number of hydrogen-bond donors (Lipinski definition) is 1. The number of thiophene rings is 1. The first-order valence-corrected chi connectivity index (χ1v) is 8.75. The summed E-state index contributed by atoms with van der Waals surface area (Å²) in [6.45, 7) is 2.08. The number of benzene rings is 2. The minimum atomic E-state index is -0.0806. The highest BCUT2D eigenvalue weighted by Gasteiger charge is 2.13. The van der Waals surface area contributed by atoms with E-state index < -0.39 is 0 Å². The van der Waals surface area contributed by atoms with E-state index in [9.17, 15) is 4.79 Å². The largest absolute Gasteiger partial charge is 0.321 e. The molecule has 4 aromatic rings. The summed E-state index contributed by atoms with van der Waals surface area (Å²) in [5.41, 5.74) is 2.96. The SMILES string of the molecule is CCc1ccccc1NC(=O)c1cc2cc3ccccc3nc2s1.